The van der Waals surface area contributed by atoms with Crippen molar-refractivity contribution in [1.29, 1.82) is 0 Å². The Kier molecular flexibility index (Phi) is 3.26. The number of hydrogen-bond donors (Lipinski definition) is 1. The van der Waals surface area contributed by atoms with E-state index in [0.717, 1.165) is 0 Å². The summed E-state index contributed by atoms with van der Waals surface area (Å²) in [5.74, 6) is -1.02. The summed E-state index contributed by atoms with van der Waals surface area (Å²) in [6.07, 6.45) is -0.219. The van der Waals surface area contributed by atoms with Crippen LogP contribution in [0.15, 0.2) is 0 Å². The number of carboxylic acid groups (broad SMARTS) is 1. The summed E-state index contributed by atoms with van der Waals surface area (Å²) in [6.45, 7) is -0.255. The molecule has 0 heterocycles. The average Bonchev–Trinajstić information content (AvgIpc) is 1.61. The Bertz CT molecular complexity index is 60.0. The minimum atomic E-state index is -1.02. The Balaban J connectivity index is 2.82. The predicted molar refractivity (Wildman–Crippen MR) is 18.9 cm³/mol. The zero-order chi connectivity index (χ0) is 5.70. The first-order valence-corrected chi connectivity index (χ1v) is 1.74. The van der Waals surface area contributed by atoms with Crippen LogP contribution in [0, 0.1) is 0 Å². The van der Waals surface area contributed by atoms with E-state index in [4.69, 9.17) is 10.4 Å². The lowest BCUT2D eigenvalue weighted by Crippen LogP contribution is -1.98. The standard InChI is InChI=1S/C3H5O4/c4-3(5)1-2-7-6/h1-2H2,(H,4,5). The van der Waals surface area contributed by atoms with Gasteiger partial charge in [-0.3, -0.25) is 4.79 Å². The van der Waals surface area contributed by atoms with Crippen molar-refractivity contribution in [1.82, 2.24) is 0 Å². The Hall–Kier alpha value is -0.610. The predicted octanol–water partition coefficient (Wildman–Crippen LogP) is -0.177. The van der Waals surface area contributed by atoms with E-state index in [1.54, 1.807) is 0 Å². The summed E-state index contributed by atoms with van der Waals surface area (Å²) in [7, 11) is 0. The van der Waals surface area contributed by atoms with Gasteiger partial charge in [-0.1, -0.05) is 0 Å². The van der Waals surface area contributed by atoms with Crippen LogP contribution in [0.1, 0.15) is 6.42 Å². The molecule has 0 aliphatic carbocycles. The van der Waals surface area contributed by atoms with Crippen molar-refractivity contribution in [2.75, 3.05) is 6.61 Å². The van der Waals surface area contributed by atoms with E-state index >= 15 is 0 Å². The highest BCUT2D eigenvalue weighted by molar-refractivity contribution is 5.66. The fourth-order valence-corrected chi connectivity index (χ4v) is 0.129. The van der Waals surface area contributed by atoms with Crippen molar-refractivity contribution in [2.24, 2.45) is 0 Å². The first-order valence-electron chi connectivity index (χ1n) is 1.74. The fourth-order valence-electron chi connectivity index (χ4n) is 0.129. The maximum atomic E-state index is 9.54. The molecule has 0 amide bonds. The van der Waals surface area contributed by atoms with Gasteiger partial charge in [0.05, 0.1) is 13.0 Å². The van der Waals surface area contributed by atoms with Crippen molar-refractivity contribution in [3.63, 3.8) is 0 Å². The summed E-state index contributed by atoms with van der Waals surface area (Å²) in [6, 6.07) is 0. The van der Waals surface area contributed by atoms with Gasteiger partial charge in [-0.25, -0.2) is 4.89 Å². The molecule has 0 bridgehead atoms. The summed E-state index contributed by atoms with van der Waals surface area (Å²) < 4.78 is 0. The van der Waals surface area contributed by atoms with Gasteiger partial charge in [-0.2, -0.15) is 0 Å². The minimum Gasteiger partial charge on any atom is -0.481 e. The Morgan fingerprint density at radius 3 is 2.43 bits per heavy atom. The molecule has 0 aromatic carbocycles. The van der Waals surface area contributed by atoms with Gasteiger partial charge in [0.1, 0.15) is 0 Å². The largest absolute Gasteiger partial charge is 0.481 e. The van der Waals surface area contributed by atoms with Crippen molar-refractivity contribution >= 4 is 5.97 Å². The first-order chi connectivity index (χ1) is 3.27. The molecule has 4 nitrogen and oxygen atoms in total. The smallest absolute Gasteiger partial charge is 0.305 e. The van der Waals surface area contributed by atoms with Gasteiger partial charge >= 0.3 is 5.97 Å². The summed E-state index contributed by atoms with van der Waals surface area (Å²) >= 11 is 0. The number of rotatable bonds is 3. The monoisotopic (exact) mass is 105 g/mol. The van der Waals surface area contributed by atoms with E-state index in [-0.39, 0.29) is 13.0 Å². The van der Waals surface area contributed by atoms with Crippen LogP contribution in [0.2, 0.25) is 0 Å². The van der Waals surface area contributed by atoms with Gasteiger partial charge < -0.3 is 5.11 Å². The SMILES string of the molecule is [O]OCCC(=O)O. The molecule has 4 heteroatoms. The third-order valence-corrected chi connectivity index (χ3v) is 0.399. The van der Waals surface area contributed by atoms with Crippen LogP contribution in [0.25, 0.3) is 0 Å². The summed E-state index contributed by atoms with van der Waals surface area (Å²) in [4.78, 5) is 12.8. The maximum absolute atomic E-state index is 9.54. The van der Waals surface area contributed by atoms with E-state index in [9.17, 15) is 4.79 Å². The lowest BCUT2D eigenvalue weighted by Gasteiger charge is -1.84. The molecule has 0 aliphatic heterocycles. The van der Waals surface area contributed by atoms with Gasteiger partial charge in [0.25, 0.3) is 0 Å². The number of carboxylic acids is 1. The molecular formula is C3H5O4. The second-order valence-electron chi connectivity index (χ2n) is 0.966. The van der Waals surface area contributed by atoms with Crippen molar-refractivity contribution in [3.8, 4) is 0 Å². The molecule has 0 atom stereocenters. The fraction of sp³-hybridized carbons (Fsp3) is 0.667. The van der Waals surface area contributed by atoms with E-state index in [1.807, 2.05) is 0 Å². The van der Waals surface area contributed by atoms with E-state index in [1.165, 1.54) is 0 Å². The van der Waals surface area contributed by atoms with Gasteiger partial charge in [-0.05, 0) is 5.26 Å². The Labute approximate surface area is 40.3 Å². The molecule has 1 N–H and O–H groups in total. The molecule has 1 radical (unpaired) electrons. The average molecular weight is 105 g/mol. The zero-order valence-electron chi connectivity index (χ0n) is 3.59. The van der Waals surface area contributed by atoms with E-state index in [0.29, 0.717) is 0 Å². The Morgan fingerprint density at radius 2 is 2.29 bits per heavy atom. The zero-order valence-corrected chi connectivity index (χ0v) is 3.59. The molecule has 0 aliphatic rings. The van der Waals surface area contributed by atoms with Gasteiger partial charge in [0, 0.05) is 0 Å². The normalized spacial score (nSPS) is 8.71. The van der Waals surface area contributed by atoms with Crippen LogP contribution in [0.5, 0.6) is 0 Å². The summed E-state index contributed by atoms with van der Waals surface area (Å²) in [5, 5.41) is 16.9. The molecule has 7 heavy (non-hydrogen) atoms. The molecule has 0 rings (SSSR count). The van der Waals surface area contributed by atoms with Gasteiger partial charge in [-0.15, -0.1) is 0 Å². The molecule has 0 unspecified atom stereocenters. The highest BCUT2D eigenvalue weighted by Gasteiger charge is 1.93. The second kappa shape index (κ2) is 3.58. The Morgan fingerprint density at radius 1 is 1.71 bits per heavy atom. The van der Waals surface area contributed by atoms with E-state index in [2.05, 4.69) is 4.89 Å². The third-order valence-electron chi connectivity index (χ3n) is 0.399. The molecule has 0 fully saturated rings. The van der Waals surface area contributed by atoms with Crippen molar-refractivity contribution in [2.45, 2.75) is 6.42 Å². The molecule has 0 spiro atoms. The maximum Gasteiger partial charge on any atom is 0.305 e. The van der Waals surface area contributed by atoms with Crippen molar-refractivity contribution in [3.05, 3.63) is 0 Å². The van der Waals surface area contributed by atoms with Crippen molar-refractivity contribution < 1.29 is 20.0 Å². The van der Waals surface area contributed by atoms with Crippen LogP contribution < -0.4 is 0 Å². The third kappa shape index (κ3) is 5.39. The summed E-state index contributed by atoms with van der Waals surface area (Å²) in [5.41, 5.74) is 0. The lowest BCUT2D eigenvalue weighted by atomic mass is 10.5. The van der Waals surface area contributed by atoms with Crippen LogP contribution in [-0.4, -0.2) is 17.7 Å². The topological polar surface area (TPSA) is 66.4 Å². The second-order valence-corrected chi connectivity index (χ2v) is 0.966. The number of carbonyl (C=O) groups is 1. The quantitative estimate of drug-likeness (QED) is 0.400. The molecule has 0 aromatic rings. The molecule has 0 aromatic heterocycles. The number of aliphatic carboxylic acids is 1. The van der Waals surface area contributed by atoms with Crippen LogP contribution in [-0.2, 0) is 14.9 Å². The lowest BCUT2D eigenvalue weighted by molar-refractivity contribution is -0.303. The highest BCUT2D eigenvalue weighted by Crippen LogP contribution is 1.76. The first kappa shape index (κ1) is 6.39. The molecule has 0 saturated heterocycles. The van der Waals surface area contributed by atoms with Crippen LogP contribution in [0.3, 0.4) is 0 Å². The van der Waals surface area contributed by atoms with Gasteiger partial charge in [0.2, 0.25) is 0 Å². The molecule has 0 saturated carbocycles. The minimum absolute atomic E-state index is 0.219. The number of hydrogen-bond acceptors (Lipinski definition) is 2. The van der Waals surface area contributed by atoms with E-state index < -0.39 is 5.97 Å². The van der Waals surface area contributed by atoms with Crippen LogP contribution >= 0.6 is 0 Å². The van der Waals surface area contributed by atoms with Gasteiger partial charge in [0.15, 0.2) is 0 Å². The van der Waals surface area contributed by atoms with Crippen LogP contribution in [0.4, 0.5) is 0 Å². The molecular weight excluding hydrogens is 100 g/mol. The highest BCUT2D eigenvalue weighted by atomic mass is 17.1. The molecule has 41 valence electrons.